The lowest BCUT2D eigenvalue weighted by Gasteiger charge is -2.05. The van der Waals surface area contributed by atoms with E-state index in [2.05, 4.69) is 20.7 Å². The van der Waals surface area contributed by atoms with Crippen LogP contribution in [0.1, 0.15) is 17.1 Å². The van der Waals surface area contributed by atoms with E-state index in [1.165, 1.54) is 4.68 Å². The molecule has 0 radical (unpaired) electrons. The van der Waals surface area contributed by atoms with E-state index in [-0.39, 0.29) is 19.1 Å². The van der Waals surface area contributed by atoms with E-state index >= 15 is 0 Å². The van der Waals surface area contributed by atoms with Crippen molar-refractivity contribution < 1.29 is 9.90 Å². The Morgan fingerprint density at radius 2 is 2.20 bits per heavy atom. The number of aromatic nitrogens is 5. The molecule has 20 heavy (non-hydrogen) atoms. The van der Waals surface area contributed by atoms with E-state index in [4.69, 9.17) is 5.11 Å². The molecule has 0 saturated heterocycles. The molecule has 2 aromatic rings. The molecule has 2 heterocycles. The molecule has 2 N–H and O–H groups in total. The van der Waals surface area contributed by atoms with Crippen LogP contribution < -0.4 is 5.32 Å². The lowest BCUT2D eigenvalue weighted by molar-refractivity contribution is -0.116. The topological polar surface area (TPSA) is 97.9 Å². The second-order valence-corrected chi connectivity index (χ2v) is 4.60. The highest BCUT2D eigenvalue weighted by molar-refractivity contribution is 5.91. The van der Waals surface area contributed by atoms with Crippen LogP contribution in [0, 0.1) is 13.8 Å². The Hall–Kier alpha value is -2.22. The van der Waals surface area contributed by atoms with Gasteiger partial charge in [-0.2, -0.15) is 5.10 Å². The maximum Gasteiger partial charge on any atom is 0.246 e. The fraction of sp³-hybridized carbons (Fsp3) is 0.500. The summed E-state index contributed by atoms with van der Waals surface area (Å²) in [4.78, 5) is 12.0. The van der Waals surface area contributed by atoms with Gasteiger partial charge in [0.25, 0.3) is 0 Å². The predicted octanol–water partition coefficient (Wildman–Crippen LogP) is -0.198. The molecule has 0 spiro atoms. The van der Waals surface area contributed by atoms with Gasteiger partial charge in [0.15, 0.2) is 0 Å². The van der Waals surface area contributed by atoms with Gasteiger partial charge in [-0.3, -0.25) is 9.48 Å². The van der Waals surface area contributed by atoms with Crippen LogP contribution in [0.4, 0.5) is 5.69 Å². The molecule has 108 valence electrons. The van der Waals surface area contributed by atoms with Crippen LogP contribution in [-0.2, 0) is 24.8 Å². The number of aliphatic hydroxyl groups excluding tert-OH is 1. The molecule has 1 amide bonds. The maximum absolute atomic E-state index is 12.0. The summed E-state index contributed by atoms with van der Waals surface area (Å²) in [5.41, 5.74) is 3.07. The van der Waals surface area contributed by atoms with Crippen LogP contribution in [0.3, 0.4) is 0 Å². The Labute approximate surface area is 116 Å². The van der Waals surface area contributed by atoms with Gasteiger partial charge in [0.1, 0.15) is 6.54 Å². The number of aliphatic hydroxyl groups is 1. The minimum Gasteiger partial charge on any atom is -0.396 e. The number of amides is 1. The van der Waals surface area contributed by atoms with Crippen molar-refractivity contribution >= 4 is 11.6 Å². The van der Waals surface area contributed by atoms with Gasteiger partial charge in [-0.15, -0.1) is 5.10 Å². The number of anilines is 1. The van der Waals surface area contributed by atoms with Crippen LogP contribution in [0.15, 0.2) is 6.20 Å². The Bertz CT molecular complexity index is 615. The third-order valence-corrected chi connectivity index (χ3v) is 3.03. The number of carbonyl (C=O) groups excluding carboxylic acids is 1. The van der Waals surface area contributed by atoms with Gasteiger partial charge in [-0.25, -0.2) is 4.68 Å². The number of aryl methyl sites for hydroxylation is 2. The monoisotopic (exact) mass is 278 g/mol. The number of nitrogens with zero attached hydrogens (tertiary/aromatic N) is 5. The number of carbonyl (C=O) groups is 1. The SMILES string of the molecule is Cc1nn(C)c(C)c1NC(=O)Cn1cc(CCO)nn1. The minimum absolute atomic E-state index is 0.0129. The number of hydrogen-bond donors (Lipinski definition) is 2. The number of rotatable bonds is 5. The largest absolute Gasteiger partial charge is 0.396 e. The van der Waals surface area contributed by atoms with E-state index < -0.39 is 0 Å². The first-order valence-corrected chi connectivity index (χ1v) is 6.31. The fourth-order valence-corrected chi connectivity index (χ4v) is 1.93. The zero-order valence-corrected chi connectivity index (χ0v) is 11.8. The van der Waals surface area contributed by atoms with E-state index in [0.29, 0.717) is 12.1 Å². The van der Waals surface area contributed by atoms with Crippen LogP contribution >= 0.6 is 0 Å². The zero-order valence-electron chi connectivity index (χ0n) is 11.8. The second kappa shape index (κ2) is 5.83. The third-order valence-electron chi connectivity index (χ3n) is 3.03. The van der Waals surface area contributed by atoms with Crippen LogP contribution in [0.5, 0.6) is 0 Å². The molecule has 0 fully saturated rings. The van der Waals surface area contributed by atoms with Crippen LogP contribution in [0.25, 0.3) is 0 Å². The first kappa shape index (κ1) is 14.2. The Morgan fingerprint density at radius 3 is 2.80 bits per heavy atom. The molecule has 2 rings (SSSR count). The average molecular weight is 278 g/mol. The van der Waals surface area contributed by atoms with Crippen LogP contribution in [0.2, 0.25) is 0 Å². The van der Waals surface area contributed by atoms with Crippen molar-refractivity contribution in [3.63, 3.8) is 0 Å². The molecule has 8 nitrogen and oxygen atoms in total. The summed E-state index contributed by atoms with van der Waals surface area (Å²) in [5.74, 6) is -0.190. The van der Waals surface area contributed by atoms with Gasteiger partial charge in [0.2, 0.25) is 5.91 Å². The van der Waals surface area contributed by atoms with Crippen molar-refractivity contribution in [1.82, 2.24) is 24.8 Å². The van der Waals surface area contributed by atoms with Crippen molar-refractivity contribution in [3.05, 3.63) is 23.3 Å². The molecule has 0 aliphatic heterocycles. The van der Waals surface area contributed by atoms with Gasteiger partial charge in [-0.05, 0) is 13.8 Å². The summed E-state index contributed by atoms with van der Waals surface area (Å²) in [7, 11) is 1.83. The smallest absolute Gasteiger partial charge is 0.246 e. The minimum atomic E-state index is -0.190. The molecular formula is C12H18N6O2. The van der Waals surface area contributed by atoms with Gasteiger partial charge in [-0.1, -0.05) is 5.21 Å². The summed E-state index contributed by atoms with van der Waals surface area (Å²) < 4.78 is 3.17. The molecule has 0 bridgehead atoms. The normalized spacial score (nSPS) is 10.8. The fourth-order valence-electron chi connectivity index (χ4n) is 1.93. The first-order chi connectivity index (χ1) is 9.51. The predicted molar refractivity (Wildman–Crippen MR) is 72.1 cm³/mol. The average Bonchev–Trinajstić information content (AvgIpc) is 2.91. The molecular weight excluding hydrogens is 260 g/mol. The van der Waals surface area contributed by atoms with Crippen molar-refractivity contribution in [3.8, 4) is 0 Å². The highest BCUT2D eigenvalue weighted by Gasteiger charge is 2.13. The van der Waals surface area contributed by atoms with E-state index in [9.17, 15) is 4.79 Å². The first-order valence-electron chi connectivity index (χ1n) is 6.31. The van der Waals surface area contributed by atoms with Gasteiger partial charge >= 0.3 is 0 Å². The Morgan fingerprint density at radius 1 is 1.45 bits per heavy atom. The summed E-state index contributed by atoms with van der Waals surface area (Å²) in [6.07, 6.45) is 2.08. The van der Waals surface area contributed by atoms with Crippen molar-refractivity contribution in [2.45, 2.75) is 26.8 Å². The van der Waals surface area contributed by atoms with Gasteiger partial charge in [0, 0.05) is 26.3 Å². The number of nitrogens with one attached hydrogen (secondary N) is 1. The van der Waals surface area contributed by atoms with Gasteiger partial charge in [0.05, 0.1) is 22.8 Å². The molecule has 0 unspecified atom stereocenters. The summed E-state index contributed by atoms with van der Waals surface area (Å²) >= 11 is 0. The van der Waals surface area contributed by atoms with E-state index in [1.54, 1.807) is 10.9 Å². The Balaban J connectivity index is 2.01. The second-order valence-electron chi connectivity index (χ2n) is 4.60. The van der Waals surface area contributed by atoms with E-state index in [0.717, 1.165) is 17.1 Å². The highest BCUT2D eigenvalue weighted by Crippen LogP contribution is 2.18. The van der Waals surface area contributed by atoms with Crippen LogP contribution in [-0.4, -0.2) is 42.4 Å². The summed E-state index contributed by atoms with van der Waals surface area (Å²) in [5, 5.41) is 23.6. The zero-order chi connectivity index (χ0) is 14.7. The third kappa shape index (κ3) is 3.02. The quantitative estimate of drug-likeness (QED) is 0.789. The standard InChI is InChI=1S/C12H18N6O2/c1-8-12(9(2)17(3)15-8)13-11(20)7-18-6-10(4-5-19)14-16-18/h6,19H,4-5,7H2,1-3H3,(H,13,20). The molecule has 0 saturated carbocycles. The highest BCUT2D eigenvalue weighted by atomic mass is 16.3. The number of hydrogen-bond acceptors (Lipinski definition) is 5. The molecule has 0 aliphatic rings. The molecule has 0 aliphatic carbocycles. The Kier molecular flexibility index (Phi) is 4.14. The van der Waals surface area contributed by atoms with Crippen molar-refractivity contribution in [1.29, 1.82) is 0 Å². The van der Waals surface area contributed by atoms with Gasteiger partial charge < -0.3 is 10.4 Å². The van der Waals surface area contributed by atoms with E-state index in [1.807, 2.05) is 20.9 Å². The molecule has 0 aromatic carbocycles. The maximum atomic E-state index is 12.0. The molecule has 0 atom stereocenters. The molecule has 2 aromatic heterocycles. The lowest BCUT2D eigenvalue weighted by atomic mass is 10.3. The molecule has 8 heteroatoms. The van der Waals surface area contributed by atoms with Crippen molar-refractivity contribution in [2.24, 2.45) is 7.05 Å². The summed E-state index contributed by atoms with van der Waals surface area (Å²) in [6.45, 7) is 3.83. The van der Waals surface area contributed by atoms with Crippen molar-refractivity contribution in [2.75, 3.05) is 11.9 Å². The summed E-state index contributed by atoms with van der Waals surface area (Å²) in [6, 6.07) is 0. The lowest BCUT2D eigenvalue weighted by Crippen LogP contribution is -2.20.